The summed E-state index contributed by atoms with van der Waals surface area (Å²) in [4.78, 5) is 27.9. The summed E-state index contributed by atoms with van der Waals surface area (Å²) in [6.07, 6.45) is 1.61. The summed E-state index contributed by atoms with van der Waals surface area (Å²) < 4.78 is 21.7. The van der Waals surface area contributed by atoms with Gasteiger partial charge in [0.25, 0.3) is 5.91 Å². The molecule has 2 amide bonds. The highest BCUT2D eigenvalue weighted by molar-refractivity contribution is 5.98. The predicted octanol–water partition coefficient (Wildman–Crippen LogP) is 3.71. The summed E-state index contributed by atoms with van der Waals surface area (Å²) >= 11 is 0. The lowest BCUT2D eigenvalue weighted by Gasteiger charge is -2.29. The molecule has 2 aromatic carbocycles. The summed E-state index contributed by atoms with van der Waals surface area (Å²) in [5, 5.41) is 2.87. The first kappa shape index (κ1) is 22.3. The van der Waals surface area contributed by atoms with Gasteiger partial charge in [-0.3, -0.25) is 9.59 Å². The van der Waals surface area contributed by atoms with Crippen molar-refractivity contribution in [2.24, 2.45) is 0 Å². The summed E-state index contributed by atoms with van der Waals surface area (Å²) in [5.74, 6) is 1.67. The number of amides is 2. The van der Waals surface area contributed by atoms with Crippen molar-refractivity contribution in [3.8, 4) is 17.2 Å². The van der Waals surface area contributed by atoms with Crippen LogP contribution in [0, 0.1) is 0 Å². The molecule has 0 bridgehead atoms. The van der Waals surface area contributed by atoms with Gasteiger partial charge in [0.05, 0.1) is 46.6 Å². The maximum atomic E-state index is 13.3. The third kappa shape index (κ3) is 4.50. The van der Waals surface area contributed by atoms with Crippen LogP contribution in [0.4, 0.5) is 0 Å². The first-order valence-electron chi connectivity index (χ1n) is 10.5. The Bertz CT molecular complexity index is 1120. The molecule has 0 saturated carbocycles. The molecule has 0 radical (unpaired) electrons. The number of hydrogen-bond donors (Lipinski definition) is 1. The first-order chi connectivity index (χ1) is 16.0. The molecular formula is C25H26N2O6. The fraction of sp³-hybridized carbons (Fsp3) is 0.280. The predicted molar refractivity (Wildman–Crippen MR) is 120 cm³/mol. The normalized spacial score (nSPS) is 13.4. The zero-order valence-electron chi connectivity index (χ0n) is 18.8. The quantitative estimate of drug-likeness (QED) is 0.535. The Morgan fingerprint density at radius 3 is 2.39 bits per heavy atom. The van der Waals surface area contributed by atoms with Crippen LogP contribution in [0.25, 0.3) is 0 Å². The van der Waals surface area contributed by atoms with Gasteiger partial charge in [0, 0.05) is 12.1 Å². The van der Waals surface area contributed by atoms with Crippen LogP contribution in [-0.4, -0.2) is 38.0 Å². The molecule has 1 atom stereocenters. The van der Waals surface area contributed by atoms with E-state index < -0.39 is 6.04 Å². The maximum absolute atomic E-state index is 13.3. The summed E-state index contributed by atoms with van der Waals surface area (Å²) in [7, 11) is 4.59. The Kier molecular flexibility index (Phi) is 6.53. The van der Waals surface area contributed by atoms with Gasteiger partial charge in [-0.25, -0.2) is 0 Å². The molecule has 0 spiro atoms. The van der Waals surface area contributed by atoms with E-state index in [1.807, 2.05) is 18.2 Å². The van der Waals surface area contributed by atoms with Crippen LogP contribution in [0.2, 0.25) is 0 Å². The molecule has 1 aliphatic heterocycles. The number of furan rings is 1. The average molecular weight is 450 g/mol. The number of fused-ring (bicyclic) bond motifs is 1. The minimum Gasteiger partial charge on any atom is -0.493 e. The molecule has 8 heteroatoms. The Balaban J connectivity index is 1.67. The van der Waals surface area contributed by atoms with Crippen LogP contribution in [0.5, 0.6) is 17.2 Å². The average Bonchev–Trinajstić information content (AvgIpc) is 3.48. The molecule has 4 rings (SSSR count). The van der Waals surface area contributed by atoms with Crippen LogP contribution in [-0.2, 0) is 17.9 Å². The lowest BCUT2D eigenvalue weighted by Crippen LogP contribution is -2.34. The van der Waals surface area contributed by atoms with Crippen LogP contribution in [0.3, 0.4) is 0 Å². The van der Waals surface area contributed by atoms with E-state index in [9.17, 15) is 9.59 Å². The van der Waals surface area contributed by atoms with Gasteiger partial charge in [-0.05, 0) is 41.5 Å². The van der Waals surface area contributed by atoms with Crippen molar-refractivity contribution in [2.75, 3.05) is 21.3 Å². The lowest BCUT2D eigenvalue weighted by atomic mass is 10.00. The third-order valence-corrected chi connectivity index (χ3v) is 5.72. The number of nitrogens with one attached hydrogen (secondary N) is 1. The van der Waals surface area contributed by atoms with Gasteiger partial charge in [-0.15, -0.1) is 0 Å². The highest BCUT2D eigenvalue weighted by Gasteiger charge is 2.35. The smallest absolute Gasteiger partial charge is 0.255 e. The van der Waals surface area contributed by atoms with Gasteiger partial charge in [0.2, 0.25) is 11.7 Å². The van der Waals surface area contributed by atoms with E-state index in [1.165, 1.54) is 21.3 Å². The number of ether oxygens (including phenoxy) is 3. The first-order valence-corrected chi connectivity index (χ1v) is 10.5. The second-order valence-corrected chi connectivity index (χ2v) is 7.62. The fourth-order valence-electron chi connectivity index (χ4n) is 4.08. The van der Waals surface area contributed by atoms with Gasteiger partial charge < -0.3 is 28.8 Å². The standard InChI is InChI=1S/C25H26N2O6/c1-30-21-11-17(12-22(31-2)24(21)32-3)20(13-23(28)26-14-18-8-6-10-33-18)27-15-16-7-4-5-9-19(16)25(27)29/h4-12,20H,13-15H2,1-3H3,(H,26,28)/t20-/m0/s1. The molecule has 172 valence electrons. The van der Waals surface area contributed by atoms with Crippen molar-refractivity contribution in [2.45, 2.75) is 25.6 Å². The van der Waals surface area contributed by atoms with Gasteiger partial charge in [0.15, 0.2) is 11.5 Å². The second kappa shape index (κ2) is 9.68. The van der Waals surface area contributed by atoms with Crippen molar-refractivity contribution in [3.05, 3.63) is 77.2 Å². The Labute approximate surface area is 192 Å². The lowest BCUT2D eigenvalue weighted by molar-refractivity contribution is -0.122. The Hall–Kier alpha value is -3.94. The highest BCUT2D eigenvalue weighted by Crippen LogP contribution is 2.42. The third-order valence-electron chi connectivity index (χ3n) is 5.72. The van der Waals surface area contributed by atoms with Crippen LogP contribution >= 0.6 is 0 Å². The number of nitrogens with zero attached hydrogens (tertiary/aromatic N) is 1. The van der Waals surface area contributed by atoms with Crippen LogP contribution < -0.4 is 19.5 Å². The largest absolute Gasteiger partial charge is 0.493 e. The fourth-order valence-corrected chi connectivity index (χ4v) is 4.08. The molecule has 1 aliphatic rings. The van der Waals surface area contributed by atoms with Gasteiger partial charge >= 0.3 is 0 Å². The Morgan fingerprint density at radius 1 is 1.06 bits per heavy atom. The highest BCUT2D eigenvalue weighted by atomic mass is 16.5. The Morgan fingerprint density at radius 2 is 1.79 bits per heavy atom. The minimum atomic E-state index is -0.546. The number of hydrogen-bond acceptors (Lipinski definition) is 6. The molecule has 0 fully saturated rings. The van der Waals surface area contributed by atoms with E-state index in [0.29, 0.717) is 40.7 Å². The van der Waals surface area contributed by atoms with Crippen molar-refractivity contribution in [1.29, 1.82) is 0 Å². The topological polar surface area (TPSA) is 90.2 Å². The zero-order valence-corrected chi connectivity index (χ0v) is 18.8. The molecule has 1 aromatic heterocycles. The van der Waals surface area contributed by atoms with Crippen molar-refractivity contribution in [1.82, 2.24) is 10.2 Å². The SMILES string of the molecule is COc1cc([C@H](CC(=O)NCc2ccco2)N2Cc3ccccc3C2=O)cc(OC)c1OC. The van der Waals surface area contributed by atoms with Crippen molar-refractivity contribution >= 4 is 11.8 Å². The molecule has 8 nitrogen and oxygen atoms in total. The van der Waals surface area contributed by atoms with Gasteiger partial charge in [0.1, 0.15) is 5.76 Å². The zero-order chi connectivity index (χ0) is 23.4. The van der Waals surface area contributed by atoms with Crippen LogP contribution in [0.1, 0.15) is 39.7 Å². The number of carbonyl (C=O) groups is 2. The summed E-state index contributed by atoms with van der Waals surface area (Å²) in [6, 6.07) is 14.0. The molecule has 0 saturated heterocycles. The van der Waals surface area contributed by atoms with E-state index in [-0.39, 0.29) is 24.8 Å². The van der Waals surface area contributed by atoms with E-state index in [2.05, 4.69) is 5.32 Å². The second-order valence-electron chi connectivity index (χ2n) is 7.62. The number of carbonyl (C=O) groups excluding carboxylic acids is 2. The molecule has 0 aliphatic carbocycles. The van der Waals surface area contributed by atoms with Crippen molar-refractivity contribution < 1.29 is 28.2 Å². The summed E-state index contributed by atoms with van der Waals surface area (Å²) in [5.41, 5.74) is 2.28. The van der Waals surface area contributed by atoms with E-state index in [1.54, 1.807) is 41.5 Å². The van der Waals surface area contributed by atoms with E-state index >= 15 is 0 Å². The van der Waals surface area contributed by atoms with Crippen LogP contribution in [0.15, 0.2) is 59.2 Å². The molecule has 1 N–H and O–H groups in total. The molecule has 0 unspecified atom stereocenters. The molecule has 3 aromatic rings. The van der Waals surface area contributed by atoms with Gasteiger partial charge in [-0.2, -0.15) is 0 Å². The number of benzene rings is 2. The summed E-state index contributed by atoms with van der Waals surface area (Å²) in [6.45, 7) is 0.670. The number of methoxy groups -OCH3 is 3. The van der Waals surface area contributed by atoms with E-state index in [0.717, 1.165) is 5.56 Å². The van der Waals surface area contributed by atoms with Gasteiger partial charge in [-0.1, -0.05) is 18.2 Å². The van der Waals surface area contributed by atoms with E-state index in [4.69, 9.17) is 18.6 Å². The molecular weight excluding hydrogens is 424 g/mol. The molecule has 2 heterocycles. The molecule has 33 heavy (non-hydrogen) atoms. The van der Waals surface area contributed by atoms with Crippen molar-refractivity contribution in [3.63, 3.8) is 0 Å². The minimum absolute atomic E-state index is 0.0546. The number of rotatable bonds is 9. The monoisotopic (exact) mass is 450 g/mol. The maximum Gasteiger partial charge on any atom is 0.255 e.